The van der Waals surface area contributed by atoms with E-state index in [4.69, 9.17) is 4.74 Å². The molecule has 0 aliphatic carbocycles. The summed E-state index contributed by atoms with van der Waals surface area (Å²) in [6.45, 7) is 0.672. The van der Waals surface area contributed by atoms with Gasteiger partial charge in [0.15, 0.2) is 6.61 Å². The van der Waals surface area contributed by atoms with E-state index >= 15 is 0 Å². The number of hydrogen-bond donors (Lipinski definition) is 2. The summed E-state index contributed by atoms with van der Waals surface area (Å²) >= 11 is 3.32. The van der Waals surface area contributed by atoms with Crippen molar-refractivity contribution < 1.29 is 14.6 Å². The summed E-state index contributed by atoms with van der Waals surface area (Å²) in [5.41, 5.74) is 0. The molecule has 1 atom stereocenters. The van der Waals surface area contributed by atoms with E-state index in [1.165, 1.54) is 0 Å². The van der Waals surface area contributed by atoms with E-state index in [-0.39, 0.29) is 19.1 Å². The standard InChI is InChI=1S/C13H19BrN2O3/c1-16(2)8-11(17)7-15-13(18)9-19-12-5-3-10(14)4-6-12/h3-6,11,17H,7-9H2,1-2H3,(H,15,18). The van der Waals surface area contributed by atoms with E-state index in [9.17, 15) is 9.90 Å². The number of aliphatic hydroxyl groups excluding tert-OH is 1. The van der Waals surface area contributed by atoms with Gasteiger partial charge in [-0.2, -0.15) is 0 Å². The van der Waals surface area contributed by atoms with E-state index in [1.54, 1.807) is 12.1 Å². The Bertz CT molecular complexity index is 395. The lowest BCUT2D eigenvalue weighted by atomic mass is 10.3. The van der Waals surface area contributed by atoms with Crippen LogP contribution in [0.25, 0.3) is 0 Å². The Morgan fingerprint density at radius 3 is 2.63 bits per heavy atom. The lowest BCUT2D eigenvalue weighted by molar-refractivity contribution is -0.123. The Morgan fingerprint density at radius 2 is 2.05 bits per heavy atom. The van der Waals surface area contributed by atoms with Gasteiger partial charge < -0.3 is 20.1 Å². The summed E-state index contributed by atoms with van der Waals surface area (Å²) < 4.78 is 6.27. The van der Waals surface area contributed by atoms with Crippen LogP contribution in [-0.4, -0.2) is 55.8 Å². The van der Waals surface area contributed by atoms with E-state index in [1.807, 2.05) is 31.1 Å². The summed E-state index contributed by atoms with van der Waals surface area (Å²) in [5.74, 6) is 0.382. The zero-order valence-electron chi connectivity index (χ0n) is 11.1. The molecule has 1 amide bonds. The number of aliphatic hydroxyl groups is 1. The van der Waals surface area contributed by atoms with Crippen molar-refractivity contribution in [3.8, 4) is 5.75 Å². The largest absolute Gasteiger partial charge is 0.484 e. The third kappa shape index (κ3) is 7.15. The second kappa shape index (κ2) is 8.14. The Balaban J connectivity index is 2.22. The molecule has 106 valence electrons. The number of carbonyl (C=O) groups is 1. The zero-order chi connectivity index (χ0) is 14.3. The molecule has 0 saturated carbocycles. The van der Waals surface area contributed by atoms with Crippen LogP contribution in [0.3, 0.4) is 0 Å². The molecule has 5 nitrogen and oxygen atoms in total. The molecule has 1 aromatic rings. The second-order valence-corrected chi connectivity index (χ2v) is 5.38. The predicted molar refractivity (Wildman–Crippen MR) is 77.2 cm³/mol. The molecule has 0 spiro atoms. The van der Waals surface area contributed by atoms with Gasteiger partial charge in [0.1, 0.15) is 5.75 Å². The van der Waals surface area contributed by atoms with Crippen molar-refractivity contribution in [3.05, 3.63) is 28.7 Å². The summed E-state index contributed by atoms with van der Waals surface area (Å²) in [7, 11) is 3.73. The SMILES string of the molecule is CN(C)CC(O)CNC(=O)COc1ccc(Br)cc1. The minimum Gasteiger partial charge on any atom is -0.484 e. The van der Waals surface area contributed by atoms with Crippen LogP contribution in [-0.2, 0) is 4.79 Å². The highest BCUT2D eigenvalue weighted by atomic mass is 79.9. The average Bonchev–Trinajstić information content (AvgIpc) is 2.35. The number of benzene rings is 1. The molecule has 6 heteroatoms. The van der Waals surface area contributed by atoms with Gasteiger partial charge in [0.05, 0.1) is 6.10 Å². The van der Waals surface area contributed by atoms with Gasteiger partial charge in [-0.15, -0.1) is 0 Å². The van der Waals surface area contributed by atoms with E-state index < -0.39 is 6.10 Å². The molecule has 1 unspecified atom stereocenters. The zero-order valence-corrected chi connectivity index (χ0v) is 12.7. The van der Waals surface area contributed by atoms with Crippen molar-refractivity contribution in [1.82, 2.24) is 10.2 Å². The lowest BCUT2D eigenvalue weighted by Crippen LogP contribution is -2.39. The number of nitrogens with zero attached hydrogens (tertiary/aromatic N) is 1. The van der Waals surface area contributed by atoms with Crippen LogP contribution >= 0.6 is 15.9 Å². The van der Waals surface area contributed by atoms with Gasteiger partial charge in [-0.3, -0.25) is 4.79 Å². The van der Waals surface area contributed by atoms with Crippen LogP contribution in [0, 0.1) is 0 Å². The summed E-state index contributed by atoms with van der Waals surface area (Å²) in [6.07, 6.45) is -0.577. The number of carbonyl (C=O) groups excluding carboxylic acids is 1. The summed E-state index contributed by atoms with van der Waals surface area (Å²) in [6, 6.07) is 7.23. The Hall–Kier alpha value is -1.11. The molecule has 0 aromatic heterocycles. The van der Waals surface area contributed by atoms with Gasteiger partial charge in [-0.25, -0.2) is 0 Å². The molecule has 0 fully saturated rings. The molecule has 0 aliphatic heterocycles. The van der Waals surface area contributed by atoms with Gasteiger partial charge in [0.2, 0.25) is 0 Å². The molecule has 0 bridgehead atoms. The van der Waals surface area contributed by atoms with Gasteiger partial charge in [0.25, 0.3) is 5.91 Å². The van der Waals surface area contributed by atoms with Crippen LogP contribution in [0.15, 0.2) is 28.7 Å². The summed E-state index contributed by atoms with van der Waals surface area (Å²) in [4.78, 5) is 13.4. The maximum atomic E-state index is 11.5. The molecule has 19 heavy (non-hydrogen) atoms. The fourth-order valence-electron chi connectivity index (χ4n) is 1.45. The third-order valence-electron chi connectivity index (χ3n) is 2.29. The number of nitrogens with one attached hydrogen (secondary N) is 1. The highest BCUT2D eigenvalue weighted by molar-refractivity contribution is 9.10. The molecule has 0 radical (unpaired) electrons. The Labute approximate surface area is 121 Å². The van der Waals surface area contributed by atoms with Crippen molar-refractivity contribution in [2.75, 3.05) is 33.8 Å². The molecule has 1 rings (SSSR count). The minimum atomic E-state index is -0.577. The van der Waals surface area contributed by atoms with Gasteiger partial charge in [-0.05, 0) is 38.4 Å². The lowest BCUT2D eigenvalue weighted by Gasteiger charge is -2.16. The maximum Gasteiger partial charge on any atom is 0.258 e. The van der Waals surface area contributed by atoms with Gasteiger partial charge in [-0.1, -0.05) is 15.9 Å². The first kappa shape index (κ1) is 15.9. The first-order valence-electron chi connectivity index (χ1n) is 5.95. The number of ether oxygens (including phenoxy) is 1. The quantitative estimate of drug-likeness (QED) is 0.778. The maximum absolute atomic E-state index is 11.5. The van der Waals surface area contributed by atoms with Crippen LogP contribution in [0.1, 0.15) is 0 Å². The van der Waals surface area contributed by atoms with Crippen molar-refractivity contribution in [2.24, 2.45) is 0 Å². The fourth-order valence-corrected chi connectivity index (χ4v) is 1.71. The molecule has 0 aliphatic rings. The van der Waals surface area contributed by atoms with Crippen molar-refractivity contribution in [2.45, 2.75) is 6.10 Å². The number of rotatable bonds is 7. The number of amides is 1. The highest BCUT2D eigenvalue weighted by Gasteiger charge is 2.08. The normalized spacial score (nSPS) is 12.3. The molecular formula is C13H19BrN2O3. The second-order valence-electron chi connectivity index (χ2n) is 4.46. The highest BCUT2D eigenvalue weighted by Crippen LogP contribution is 2.15. The third-order valence-corrected chi connectivity index (χ3v) is 2.82. The average molecular weight is 331 g/mol. The topological polar surface area (TPSA) is 61.8 Å². The van der Waals surface area contributed by atoms with Gasteiger partial charge in [0, 0.05) is 17.6 Å². The summed E-state index contributed by atoms with van der Waals surface area (Å²) in [5, 5.41) is 12.2. The van der Waals surface area contributed by atoms with E-state index in [2.05, 4.69) is 21.2 Å². The number of hydrogen-bond acceptors (Lipinski definition) is 4. The monoisotopic (exact) mass is 330 g/mol. The first-order valence-corrected chi connectivity index (χ1v) is 6.74. The number of halogens is 1. The van der Waals surface area contributed by atoms with Crippen LogP contribution in [0.2, 0.25) is 0 Å². The van der Waals surface area contributed by atoms with Crippen LogP contribution < -0.4 is 10.1 Å². The van der Waals surface area contributed by atoms with Gasteiger partial charge >= 0.3 is 0 Å². The predicted octanol–water partition coefficient (Wildman–Crippen LogP) is 0.867. The van der Waals surface area contributed by atoms with E-state index in [0.29, 0.717) is 12.3 Å². The van der Waals surface area contributed by atoms with Crippen LogP contribution in [0.5, 0.6) is 5.75 Å². The molecule has 0 saturated heterocycles. The molecule has 2 N–H and O–H groups in total. The molecule has 0 heterocycles. The first-order chi connectivity index (χ1) is 8.97. The fraction of sp³-hybridized carbons (Fsp3) is 0.462. The van der Waals surface area contributed by atoms with Crippen molar-refractivity contribution >= 4 is 21.8 Å². The van der Waals surface area contributed by atoms with Crippen LogP contribution in [0.4, 0.5) is 0 Å². The molecule has 1 aromatic carbocycles. The minimum absolute atomic E-state index is 0.0592. The van der Waals surface area contributed by atoms with Crippen molar-refractivity contribution in [1.29, 1.82) is 0 Å². The van der Waals surface area contributed by atoms with Crippen molar-refractivity contribution in [3.63, 3.8) is 0 Å². The Morgan fingerprint density at radius 1 is 1.42 bits per heavy atom. The Kier molecular flexibility index (Phi) is 6.83. The molecular weight excluding hydrogens is 312 g/mol. The number of likely N-dealkylation sites (N-methyl/N-ethyl adjacent to an activating group) is 1. The smallest absolute Gasteiger partial charge is 0.258 e. The van der Waals surface area contributed by atoms with E-state index in [0.717, 1.165) is 4.47 Å².